The van der Waals surface area contributed by atoms with Gasteiger partial charge in [-0.1, -0.05) is 24.3 Å². The van der Waals surface area contributed by atoms with E-state index >= 15 is 0 Å². The van der Waals surface area contributed by atoms with E-state index in [1.54, 1.807) is 13.1 Å². The predicted molar refractivity (Wildman–Crippen MR) is 92.2 cm³/mol. The fraction of sp³-hybridized carbons (Fsp3) is 0.368. The van der Waals surface area contributed by atoms with Crippen molar-refractivity contribution in [2.45, 2.75) is 38.6 Å². The number of nitrogens with one attached hydrogen (secondary N) is 1. The molecule has 0 saturated carbocycles. The molecule has 2 N–H and O–H groups in total. The molecule has 2 aromatic rings. The zero-order valence-corrected chi connectivity index (χ0v) is 13.4. The minimum atomic E-state index is -0.267. The number of benzene rings is 1. The van der Waals surface area contributed by atoms with Crippen molar-refractivity contribution in [3.63, 3.8) is 0 Å². The zero-order chi connectivity index (χ0) is 16.2. The van der Waals surface area contributed by atoms with Crippen molar-refractivity contribution in [2.75, 3.05) is 6.61 Å². The van der Waals surface area contributed by atoms with Gasteiger partial charge in [-0.05, 0) is 44.2 Å². The Bertz CT molecular complexity index is 752. The number of para-hydroxylation sites is 1. The molecule has 4 nitrogen and oxygen atoms in total. The Morgan fingerprint density at radius 1 is 1.39 bits per heavy atom. The van der Waals surface area contributed by atoms with Crippen molar-refractivity contribution in [2.24, 2.45) is 0 Å². The van der Waals surface area contributed by atoms with Gasteiger partial charge in [0, 0.05) is 23.2 Å². The lowest BCUT2D eigenvalue weighted by atomic mass is 9.92. The molecule has 1 unspecified atom stereocenters. The van der Waals surface area contributed by atoms with E-state index in [2.05, 4.69) is 22.4 Å². The molecule has 4 heteroatoms. The van der Waals surface area contributed by atoms with E-state index in [1.807, 2.05) is 18.2 Å². The Hall–Kier alpha value is -2.20. The minimum absolute atomic E-state index is 0.0783. The number of amides is 1. The van der Waals surface area contributed by atoms with Gasteiger partial charge in [-0.2, -0.15) is 0 Å². The first-order chi connectivity index (χ1) is 11.2. The van der Waals surface area contributed by atoms with Crippen LogP contribution in [0.5, 0.6) is 0 Å². The van der Waals surface area contributed by atoms with Gasteiger partial charge >= 0.3 is 0 Å². The maximum Gasteiger partial charge on any atom is 0.253 e. The minimum Gasteiger partial charge on any atom is -0.394 e. The average molecular weight is 310 g/mol. The zero-order valence-electron chi connectivity index (χ0n) is 13.4. The third kappa shape index (κ3) is 3.42. The van der Waals surface area contributed by atoms with Crippen molar-refractivity contribution in [1.82, 2.24) is 10.3 Å². The van der Waals surface area contributed by atoms with Crippen LogP contribution in [0.3, 0.4) is 0 Å². The molecule has 1 aliphatic carbocycles. The third-order valence-corrected chi connectivity index (χ3v) is 4.26. The van der Waals surface area contributed by atoms with E-state index in [9.17, 15) is 4.79 Å². The number of aliphatic hydroxyl groups is 1. The van der Waals surface area contributed by atoms with Gasteiger partial charge in [0.2, 0.25) is 0 Å². The third-order valence-electron chi connectivity index (χ3n) is 4.26. The molecule has 0 aliphatic heterocycles. The number of hydrogen-bond donors (Lipinski definition) is 2. The second-order valence-electron chi connectivity index (χ2n) is 6.13. The topological polar surface area (TPSA) is 62.2 Å². The van der Waals surface area contributed by atoms with Crippen molar-refractivity contribution in [3.8, 4) is 0 Å². The first-order valence-electron chi connectivity index (χ1n) is 8.19. The molecular formula is C19H22N2O2. The number of carbonyl (C=O) groups is 1. The van der Waals surface area contributed by atoms with Gasteiger partial charge in [-0.25, -0.2) is 0 Å². The number of carbonyl (C=O) groups excluding carboxylic acids is 1. The highest BCUT2D eigenvalue weighted by Gasteiger charge is 2.13. The van der Waals surface area contributed by atoms with Gasteiger partial charge in [0.25, 0.3) is 5.91 Å². The molecule has 1 aromatic heterocycles. The van der Waals surface area contributed by atoms with Gasteiger partial charge in [0.05, 0.1) is 17.7 Å². The Labute approximate surface area is 136 Å². The van der Waals surface area contributed by atoms with Crippen molar-refractivity contribution in [3.05, 3.63) is 47.7 Å². The monoisotopic (exact) mass is 310 g/mol. The number of hydrogen-bond acceptors (Lipinski definition) is 3. The molecule has 1 aliphatic rings. The molecule has 120 valence electrons. The molecule has 23 heavy (non-hydrogen) atoms. The van der Waals surface area contributed by atoms with Crippen LogP contribution in [0.2, 0.25) is 0 Å². The molecule has 0 saturated heterocycles. The highest BCUT2D eigenvalue weighted by atomic mass is 16.3. The van der Waals surface area contributed by atoms with Gasteiger partial charge in [-0.3, -0.25) is 9.78 Å². The summed E-state index contributed by atoms with van der Waals surface area (Å²) < 4.78 is 0. The van der Waals surface area contributed by atoms with E-state index in [0.29, 0.717) is 5.56 Å². The second kappa shape index (κ2) is 6.92. The van der Waals surface area contributed by atoms with E-state index in [0.717, 1.165) is 23.7 Å². The molecule has 3 rings (SSSR count). The summed E-state index contributed by atoms with van der Waals surface area (Å²) in [5.74, 6) is -0.205. The average Bonchev–Trinajstić information content (AvgIpc) is 2.61. The number of fused-ring (bicyclic) bond motifs is 1. The molecular weight excluding hydrogens is 288 g/mol. The van der Waals surface area contributed by atoms with E-state index in [-0.39, 0.29) is 18.6 Å². The van der Waals surface area contributed by atoms with E-state index < -0.39 is 0 Å². The summed E-state index contributed by atoms with van der Waals surface area (Å²) in [7, 11) is 0. The summed E-state index contributed by atoms with van der Waals surface area (Å²) in [6, 6.07) is 7.72. The van der Waals surface area contributed by atoms with Crippen LogP contribution in [0.1, 0.15) is 48.5 Å². The molecule has 0 radical (unpaired) electrons. The van der Waals surface area contributed by atoms with E-state index in [4.69, 9.17) is 5.11 Å². The highest BCUT2D eigenvalue weighted by Crippen LogP contribution is 2.31. The normalized spacial score (nSPS) is 16.0. The smallest absolute Gasteiger partial charge is 0.253 e. The SMILES string of the molecule is CC(CO)NC(=O)c1cnc2c(C3=CCCCC3)cccc2c1. The number of aromatic nitrogens is 1. The Balaban J connectivity index is 1.95. The first kappa shape index (κ1) is 15.7. The quantitative estimate of drug-likeness (QED) is 0.911. The van der Waals surface area contributed by atoms with E-state index in [1.165, 1.54) is 24.0 Å². The molecule has 1 amide bonds. The summed E-state index contributed by atoms with van der Waals surface area (Å²) in [5.41, 5.74) is 4.01. The highest BCUT2D eigenvalue weighted by molar-refractivity contribution is 5.99. The van der Waals surface area contributed by atoms with Crippen LogP contribution in [-0.4, -0.2) is 28.6 Å². The summed E-state index contributed by atoms with van der Waals surface area (Å²) in [6.45, 7) is 1.69. The second-order valence-corrected chi connectivity index (χ2v) is 6.13. The molecule has 0 fully saturated rings. The first-order valence-corrected chi connectivity index (χ1v) is 8.19. The standard InChI is InChI=1S/C19H22N2O2/c1-13(12-22)21-19(23)16-10-15-8-5-9-17(18(15)20-11-16)14-6-3-2-4-7-14/h5-6,8-11,13,22H,2-4,7,12H2,1H3,(H,21,23). The van der Waals surface area contributed by atoms with Crippen LogP contribution in [0.4, 0.5) is 0 Å². The van der Waals surface area contributed by atoms with Crippen LogP contribution in [0.25, 0.3) is 16.5 Å². The van der Waals surface area contributed by atoms with Crippen LogP contribution in [-0.2, 0) is 0 Å². The van der Waals surface area contributed by atoms with Crippen molar-refractivity contribution >= 4 is 22.4 Å². The lowest BCUT2D eigenvalue weighted by Crippen LogP contribution is -2.35. The number of allylic oxidation sites excluding steroid dienone is 2. The van der Waals surface area contributed by atoms with Gasteiger partial charge < -0.3 is 10.4 Å². The fourth-order valence-corrected chi connectivity index (χ4v) is 2.98. The van der Waals surface area contributed by atoms with Gasteiger partial charge in [0.1, 0.15) is 0 Å². The molecule has 0 spiro atoms. The Kier molecular flexibility index (Phi) is 4.72. The van der Waals surface area contributed by atoms with Crippen LogP contribution in [0.15, 0.2) is 36.5 Å². The number of aliphatic hydroxyl groups excluding tert-OH is 1. The van der Waals surface area contributed by atoms with Crippen LogP contribution >= 0.6 is 0 Å². The van der Waals surface area contributed by atoms with Crippen LogP contribution in [0, 0.1) is 0 Å². The number of pyridine rings is 1. The maximum atomic E-state index is 12.2. The molecule has 1 heterocycles. The lowest BCUT2D eigenvalue weighted by molar-refractivity contribution is 0.0922. The summed E-state index contributed by atoms with van der Waals surface area (Å²) in [5, 5.41) is 12.8. The maximum absolute atomic E-state index is 12.2. The Morgan fingerprint density at radius 3 is 3.00 bits per heavy atom. The molecule has 1 atom stereocenters. The summed E-state index contributed by atoms with van der Waals surface area (Å²) >= 11 is 0. The number of nitrogens with zero attached hydrogens (tertiary/aromatic N) is 1. The van der Waals surface area contributed by atoms with Crippen molar-refractivity contribution < 1.29 is 9.90 Å². The fourth-order valence-electron chi connectivity index (χ4n) is 2.98. The van der Waals surface area contributed by atoms with Crippen LogP contribution < -0.4 is 5.32 Å². The summed E-state index contributed by atoms with van der Waals surface area (Å²) in [4.78, 5) is 16.7. The predicted octanol–water partition coefficient (Wildman–Crippen LogP) is 3.30. The Morgan fingerprint density at radius 2 is 2.26 bits per heavy atom. The molecule has 1 aromatic carbocycles. The largest absolute Gasteiger partial charge is 0.394 e. The summed E-state index contributed by atoms with van der Waals surface area (Å²) in [6.07, 6.45) is 8.64. The van der Waals surface area contributed by atoms with Gasteiger partial charge in [0.15, 0.2) is 0 Å². The number of rotatable bonds is 4. The lowest BCUT2D eigenvalue weighted by Gasteiger charge is -2.15. The van der Waals surface area contributed by atoms with Crippen molar-refractivity contribution in [1.29, 1.82) is 0 Å². The molecule has 0 bridgehead atoms. The van der Waals surface area contributed by atoms with Gasteiger partial charge in [-0.15, -0.1) is 0 Å².